The number of piperidine rings is 1. The zero-order chi connectivity index (χ0) is 16.1. The van der Waals surface area contributed by atoms with Crippen LogP contribution in [0.25, 0.3) is 11.1 Å². The number of fused-ring (bicyclic) bond motifs is 1. The average Bonchev–Trinajstić information content (AvgIpc) is 3.10. The summed E-state index contributed by atoms with van der Waals surface area (Å²) < 4.78 is 32.3. The Balaban J connectivity index is 1.65. The number of benzene rings is 1. The molecule has 1 aromatic carbocycles. The van der Waals surface area contributed by atoms with Gasteiger partial charge in [-0.1, -0.05) is 0 Å². The van der Waals surface area contributed by atoms with Gasteiger partial charge >= 0.3 is 5.76 Å². The highest BCUT2D eigenvalue weighted by Crippen LogP contribution is 2.38. The minimum atomic E-state index is -3.57. The molecule has 0 radical (unpaired) electrons. The van der Waals surface area contributed by atoms with E-state index in [0.29, 0.717) is 18.6 Å². The van der Waals surface area contributed by atoms with Gasteiger partial charge in [-0.05, 0) is 43.4 Å². The number of aromatic amines is 1. The van der Waals surface area contributed by atoms with E-state index in [1.54, 1.807) is 10.4 Å². The zero-order valence-electron chi connectivity index (χ0n) is 12.7. The van der Waals surface area contributed by atoms with Crippen molar-refractivity contribution in [2.24, 2.45) is 5.41 Å². The van der Waals surface area contributed by atoms with Crippen molar-refractivity contribution in [1.29, 1.82) is 0 Å². The summed E-state index contributed by atoms with van der Waals surface area (Å²) in [6.07, 6.45) is 3.05. The molecule has 0 saturated carbocycles. The molecule has 8 heteroatoms. The molecule has 0 unspecified atom stereocenters. The Morgan fingerprint density at radius 1 is 1.26 bits per heavy atom. The maximum absolute atomic E-state index is 12.9. The van der Waals surface area contributed by atoms with Crippen molar-refractivity contribution in [1.82, 2.24) is 14.6 Å². The highest BCUT2D eigenvalue weighted by molar-refractivity contribution is 7.89. The lowest BCUT2D eigenvalue weighted by Crippen LogP contribution is -2.42. The quantitative estimate of drug-likeness (QED) is 0.848. The van der Waals surface area contributed by atoms with Gasteiger partial charge in [0, 0.05) is 25.7 Å². The molecule has 2 aromatic rings. The van der Waals surface area contributed by atoms with E-state index in [1.807, 2.05) is 0 Å². The topological polar surface area (TPSA) is 95.4 Å². The van der Waals surface area contributed by atoms with Gasteiger partial charge in [-0.3, -0.25) is 4.98 Å². The van der Waals surface area contributed by atoms with Crippen LogP contribution in [0.2, 0.25) is 0 Å². The highest BCUT2D eigenvalue weighted by atomic mass is 32.2. The molecule has 2 fully saturated rings. The fraction of sp³-hybridized carbons (Fsp3) is 0.533. The molecule has 23 heavy (non-hydrogen) atoms. The number of nitrogens with zero attached hydrogens (tertiary/aromatic N) is 1. The molecule has 3 heterocycles. The van der Waals surface area contributed by atoms with Gasteiger partial charge in [0.25, 0.3) is 0 Å². The summed E-state index contributed by atoms with van der Waals surface area (Å²) >= 11 is 0. The van der Waals surface area contributed by atoms with Crippen LogP contribution in [0, 0.1) is 5.41 Å². The Bertz CT molecular complexity index is 893. The van der Waals surface area contributed by atoms with E-state index in [0.717, 1.165) is 32.4 Å². The first-order chi connectivity index (χ1) is 11.0. The lowest BCUT2D eigenvalue weighted by molar-refractivity contribution is 0.224. The number of sulfonamides is 1. The summed E-state index contributed by atoms with van der Waals surface area (Å²) in [4.78, 5) is 13.9. The highest BCUT2D eigenvalue weighted by Gasteiger charge is 2.43. The summed E-state index contributed by atoms with van der Waals surface area (Å²) in [5.41, 5.74) is 0.837. The predicted octanol–water partition coefficient (Wildman–Crippen LogP) is 0.885. The molecule has 2 N–H and O–H groups in total. The van der Waals surface area contributed by atoms with Gasteiger partial charge < -0.3 is 9.73 Å². The smallest absolute Gasteiger partial charge is 0.408 e. The van der Waals surface area contributed by atoms with E-state index in [2.05, 4.69) is 10.3 Å². The van der Waals surface area contributed by atoms with Crippen LogP contribution in [0.5, 0.6) is 0 Å². The van der Waals surface area contributed by atoms with Crippen LogP contribution in [-0.4, -0.2) is 43.9 Å². The Labute approximate surface area is 133 Å². The largest absolute Gasteiger partial charge is 0.417 e. The molecular formula is C15H19N3O4S. The van der Waals surface area contributed by atoms with Gasteiger partial charge in [-0.15, -0.1) is 0 Å². The molecule has 2 aliphatic heterocycles. The van der Waals surface area contributed by atoms with Crippen molar-refractivity contribution in [3.05, 3.63) is 28.7 Å². The molecule has 2 saturated heterocycles. The minimum Gasteiger partial charge on any atom is -0.408 e. The molecular weight excluding hydrogens is 318 g/mol. The van der Waals surface area contributed by atoms with Gasteiger partial charge in [0.1, 0.15) is 0 Å². The minimum absolute atomic E-state index is 0.0655. The number of rotatable bonds is 2. The van der Waals surface area contributed by atoms with E-state index in [9.17, 15) is 13.2 Å². The van der Waals surface area contributed by atoms with Crippen molar-refractivity contribution in [3.63, 3.8) is 0 Å². The van der Waals surface area contributed by atoms with E-state index in [-0.39, 0.29) is 15.9 Å². The van der Waals surface area contributed by atoms with Crippen LogP contribution in [0.15, 0.2) is 32.3 Å². The molecule has 4 rings (SSSR count). The summed E-state index contributed by atoms with van der Waals surface area (Å²) in [6.45, 7) is 2.99. The van der Waals surface area contributed by atoms with Crippen LogP contribution in [0.3, 0.4) is 0 Å². The van der Waals surface area contributed by atoms with Crippen molar-refractivity contribution in [2.75, 3.05) is 26.2 Å². The Hall–Kier alpha value is -1.64. The molecule has 1 aromatic heterocycles. The fourth-order valence-corrected chi connectivity index (χ4v) is 5.28. The van der Waals surface area contributed by atoms with Crippen LogP contribution in [0.4, 0.5) is 0 Å². The number of hydrogen-bond donors (Lipinski definition) is 2. The second kappa shape index (κ2) is 5.19. The van der Waals surface area contributed by atoms with Crippen LogP contribution < -0.4 is 11.1 Å². The Morgan fingerprint density at radius 3 is 2.91 bits per heavy atom. The number of aromatic nitrogens is 1. The maximum Gasteiger partial charge on any atom is 0.417 e. The Kier molecular flexibility index (Phi) is 3.36. The van der Waals surface area contributed by atoms with E-state index < -0.39 is 15.8 Å². The van der Waals surface area contributed by atoms with Gasteiger partial charge in [-0.2, -0.15) is 4.31 Å². The molecule has 1 atom stereocenters. The monoisotopic (exact) mass is 337 g/mol. The second-order valence-corrected chi connectivity index (χ2v) is 8.48. The predicted molar refractivity (Wildman–Crippen MR) is 84.7 cm³/mol. The summed E-state index contributed by atoms with van der Waals surface area (Å²) in [5, 5.41) is 3.38. The van der Waals surface area contributed by atoms with Gasteiger partial charge in [0.2, 0.25) is 10.0 Å². The molecule has 1 spiro atoms. The van der Waals surface area contributed by atoms with E-state index >= 15 is 0 Å². The van der Waals surface area contributed by atoms with Crippen LogP contribution in [-0.2, 0) is 10.0 Å². The van der Waals surface area contributed by atoms with Crippen molar-refractivity contribution >= 4 is 21.1 Å². The first-order valence-electron chi connectivity index (χ1n) is 7.82. The molecule has 0 bridgehead atoms. The summed E-state index contributed by atoms with van der Waals surface area (Å²) in [7, 11) is -3.57. The molecule has 2 aliphatic rings. The van der Waals surface area contributed by atoms with Crippen molar-refractivity contribution < 1.29 is 12.8 Å². The van der Waals surface area contributed by atoms with Gasteiger partial charge in [0.05, 0.1) is 10.4 Å². The third-order valence-corrected chi connectivity index (χ3v) is 6.84. The van der Waals surface area contributed by atoms with Crippen molar-refractivity contribution in [3.8, 4) is 0 Å². The number of nitrogens with one attached hydrogen (secondary N) is 2. The maximum atomic E-state index is 12.9. The first kappa shape index (κ1) is 14.9. The molecule has 7 nitrogen and oxygen atoms in total. The zero-order valence-corrected chi connectivity index (χ0v) is 13.5. The summed E-state index contributed by atoms with van der Waals surface area (Å²) in [5.74, 6) is -0.581. The molecule has 124 valence electrons. The van der Waals surface area contributed by atoms with E-state index in [1.165, 1.54) is 12.1 Å². The van der Waals surface area contributed by atoms with Gasteiger partial charge in [-0.25, -0.2) is 13.2 Å². The van der Waals surface area contributed by atoms with Gasteiger partial charge in [0.15, 0.2) is 5.58 Å². The van der Waals surface area contributed by atoms with Crippen LogP contribution >= 0.6 is 0 Å². The van der Waals surface area contributed by atoms with E-state index in [4.69, 9.17) is 4.42 Å². The standard InChI is InChI=1S/C15H19N3O4S/c19-14-17-12-3-2-11(8-13(12)22-14)23(20,21)18-7-5-15(10-18)4-1-6-16-9-15/h2-3,8,16H,1,4-7,9-10H2,(H,17,19)/t15-/m0/s1. The second-order valence-electron chi connectivity index (χ2n) is 6.54. The third kappa shape index (κ3) is 2.50. The lowest BCUT2D eigenvalue weighted by atomic mass is 9.80. The lowest BCUT2D eigenvalue weighted by Gasteiger charge is -2.33. The average molecular weight is 337 g/mol. The third-order valence-electron chi connectivity index (χ3n) is 4.99. The normalized spacial score (nSPS) is 26.3. The number of H-pyrrole nitrogens is 1. The van der Waals surface area contributed by atoms with Crippen LogP contribution in [0.1, 0.15) is 19.3 Å². The SMILES string of the molecule is O=c1[nH]c2ccc(S(=O)(=O)N3CC[C@]4(CCCNC4)C3)cc2o1. The summed E-state index contributed by atoms with van der Waals surface area (Å²) in [6, 6.07) is 4.51. The first-order valence-corrected chi connectivity index (χ1v) is 9.26. The van der Waals surface area contributed by atoms with Crippen molar-refractivity contribution in [2.45, 2.75) is 24.2 Å². The number of hydrogen-bond acceptors (Lipinski definition) is 5. The molecule has 0 amide bonds. The number of oxazole rings is 1. The molecule has 0 aliphatic carbocycles. The Morgan fingerprint density at radius 2 is 2.13 bits per heavy atom. The fourth-order valence-electron chi connectivity index (χ4n) is 3.71.